The van der Waals surface area contributed by atoms with Crippen LogP contribution in [0.3, 0.4) is 0 Å². The minimum absolute atomic E-state index is 0. The van der Waals surface area contributed by atoms with Crippen LogP contribution in [0, 0.1) is 0 Å². The molecular formula is H5F4NaY. The predicted molar refractivity (Wildman–Crippen MR) is 11.1 cm³/mol. The quantitative estimate of drug-likeness (QED) is 0.300. The van der Waals surface area contributed by atoms with Gasteiger partial charge in [0.2, 0.25) is 0 Å². The van der Waals surface area contributed by atoms with Crippen LogP contribution in [-0.2, 0) is 32.7 Å². The molecule has 0 spiro atoms. The van der Waals surface area contributed by atoms with E-state index >= 15 is 0 Å². The van der Waals surface area contributed by atoms with Crippen molar-refractivity contribution in [1.82, 2.24) is 0 Å². The molecule has 0 bridgehead atoms. The molecule has 0 aromatic carbocycles. The Morgan fingerprint density at radius 3 is 0.667 bits per heavy atom. The van der Waals surface area contributed by atoms with Gasteiger partial charge < -0.3 is 1.43 Å². The van der Waals surface area contributed by atoms with Crippen molar-refractivity contribution in [3.63, 3.8) is 0 Å². The molecule has 0 aromatic rings. The van der Waals surface area contributed by atoms with Crippen LogP contribution in [0.15, 0.2) is 0 Å². The maximum absolute atomic E-state index is 0. The number of hydrogen-bond donors (Lipinski definition) is 0. The van der Waals surface area contributed by atoms with E-state index in [0.717, 1.165) is 0 Å². The summed E-state index contributed by atoms with van der Waals surface area (Å²) in [4.78, 5) is 0. The molecule has 6 heavy (non-hydrogen) atoms. The van der Waals surface area contributed by atoms with Crippen LogP contribution >= 0.6 is 0 Å². The van der Waals surface area contributed by atoms with Crippen LogP contribution in [0.25, 0.3) is 0 Å². The van der Waals surface area contributed by atoms with Crippen molar-refractivity contribution in [3.8, 4) is 0 Å². The molecule has 0 nitrogen and oxygen atoms in total. The van der Waals surface area contributed by atoms with Gasteiger partial charge in [0, 0.05) is 32.7 Å². The monoisotopic (exact) mass is 193 g/mol. The topological polar surface area (TPSA) is 0 Å². The molecule has 0 amide bonds. The molecule has 0 aliphatic heterocycles. The summed E-state index contributed by atoms with van der Waals surface area (Å²) < 4.78 is 0. The number of hydrogen-bond acceptors (Lipinski definition) is 0. The maximum atomic E-state index is 0. The standard InChI is InChI=1S/4FH.Na.Y.H/h4*1H;;;/q;;;;+1;;-1. The van der Waals surface area contributed by atoms with Crippen LogP contribution in [0.4, 0.5) is 18.8 Å². The van der Waals surface area contributed by atoms with Crippen molar-refractivity contribution in [2.45, 2.75) is 0 Å². The van der Waals surface area contributed by atoms with Gasteiger partial charge in [-0.05, 0) is 0 Å². The second-order valence-electron chi connectivity index (χ2n) is 0. The van der Waals surface area contributed by atoms with Crippen LogP contribution < -0.4 is 29.6 Å². The number of rotatable bonds is 0. The van der Waals surface area contributed by atoms with Crippen LogP contribution in [-0.4, -0.2) is 0 Å². The largest absolute Gasteiger partial charge is 1.00 e. The summed E-state index contributed by atoms with van der Waals surface area (Å²) in [6, 6.07) is 0. The molecule has 0 aliphatic carbocycles. The van der Waals surface area contributed by atoms with Crippen molar-refractivity contribution in [1.29, 1.82) is 0 Å². The van der Waals surface area contributed by atoms with Gasteiger partial charge in [-0.2, -0.15) is 0 Å². The third-order valence-electron chi connectivity index (χ3n) is 0. The Bertz CT molecular complexity index is 11.7. The first-order valence-corrected chi connectivity index (χ1v) is 0. The fraction of sp³-hybridized carbons (Fsp3) is 0. The summed E-state index contributed by atoms with van der Waals surface area (Å²) >= 11 is 0. The van der Waals surface area contributed by atoms with Crippen molar-refractivity contribution in [3.05, 3.63) is 0 Å². The predicted octanol–water partition coefficient (Wildman–Crippen LogP) is -2.28. The Morgan fingerprint density at radius 2 is 0.667 bits per heavy atom. The van der Waals surface area contributed by atoms with Crippen LogP contribution in [0.2, 0.25) is 0 Å². The molecule has 0 aromatic heterocycles. The van der Waals surface area contributed by atoms with Crippen LogP contribution in [0.1, 0.15) is 1.43 Å². The zero-order valence-corrected chi connectivity index (χ0v) is 8.05. The van der Waals surface area contributed by atoms with E-state index in [-0.39, 0.29) is 82.5 Å². The van der Waals surface area contributed by atoms with Gasteiger partial charge in [-0.1, -0.05) is 0 Å². The minimum atomic E-state index is 0. The Kier molecular flexibility index (Phi) is 1270. The van der Waals surface area contributed by atoms with Crippen molar-refractivity contribution >= 4 is 0 Å². The fourth-order valence-electron chi connectivity index (χ4n) is 0. The van der Waals surface area contributed by atoms with E-state index < -0.39 is 0 Å². The van der Waals surface area contributed by atoms with Gasteiger partial charge in [-0.15, -0.1) is 0 Å². The molecule has 0 fully saturated rings. The van der Waals surface area contributed by atoms with Crippen molar-refractivity contribution < 1.29 is 82.5 Å². The molecule has 6 heteroatoms. The first kappa shape index (κ1) is 110. The smallest absolute Gasteiger partial charge is 1.00 e. The van der Waals surface area contributed by atoms with E-state index in [9.17, 15) is 0 Å². The summed E-state index contributed by atoms with van der Waals surface area (Å²) in [6.07, 6.45) is 0. The van der Waals surface area contributed by atoms with Gasteiger partial charge in [-0.25, -0.2) is 0 Å². The Morgan fingerprint density at radius 1 is 0.667 bits per heavy atom. The SMILES string of the molecule is F.F.F.F.[H-].[Na+].[Y]. The summed E-state index contributed by atoms with van der Waals surface area (Å²) in [6.45, 7) is 0. The fourth-order valence-corrected chi connectivity index (χ4v) is 0. The third kappa shape index (κ3) is 40.7. The zero-order valence-electron chi connectivity index (χ0n) is 4.21. The Balaban J connectivity index is 0. The van der Waals surface area contributed by atoms with E-state index in [1.54, 1.807) is 0 Å². The first-order chi connectivity index (χ1) is 0. The van der Waals surface area contributed by atoms with E-state index in [0.29, 0.717) is 0 Å². The van der Waals surface area contributed by atoms with Crippen molar-refractivity contribution in [2.24, 2.45) is 0 Å². The molecular weight excluding hydrogens is 188 g/mol. The Labute approximate surface area is 81.6 Å². The van der Waals surface area contributed by atoms with E-state index in [1.807, 2.05) is 0 Å². The van der Waals surface area contributed by atoms with Gasteiger partial charge in [0.05, 0.1) is 0 Å². The van der Waals surface area contributed by atoms with Gasteiger partial charge in [-0.3, -0.25) is 18.8 Å². The zero-order chi connectivity index (χ0) is 0. The van der Waals surface area contributed by atoms with Gasteiger partial charge in [0.15, 0.2) is 0 Å². The summed E-state index contributed by atoms with van der Waals surface area (Å²) in [5.74, 6) is 0. The molecule has 0 heterocycles. The second kappa shape index (κ2) is 69.6. The normalized spacial score (nSPS) is 0. The molecule has 1 radical (unpaired) electrons. The molecule has 37 valence electrons. The molecule has 0 unspecified atom stereocenters. The van der Waals surface area contributed by atoms with E-state index in [1.165, 1.54) is 0 Å². The molecule has 0 N–H and O–H groups in total. The van der Waals surface area contributed by atoms with Gasteiger partial charge >= 0.3 is 29.6 Å². The van der Waals surface area contributed by atoms with Gasteiger partial charge in [0.1, 0.15) is 0 Å². The van der Waals surface area contributed by atoms with Crippen LogP contribution in [0.5, 0.6) is 0 Å². The van der Waals surface area contributed by atoms with Crippen molar-refractivity contribution in [2.75, 3.05) is 0 Å². The molecule has 0 rings (SSSR count). The number of halogens is 4. The minimum Gasteiger partial charge on any atom is -1.00 e. The maximum Gasteiger partial charge on any atom is 1.00 e. The first-order valence-electron chi connectivity index (χ1n) is 0. The summed E-state index contributed by atoms with van der Waals surface area (Å²) in [7, 11) is 0. The third-order valence-corrected chi connectivity index (χ3v) is 0. The average molecular weight is 193 g/mol. The molecule has 0 atom stereocenters. The molecule has 0 aliphatic rings. The summed E-state index contributed by atoms with van der Waals surface area (Å²) in [5.41, 5.74) is 0. The van der Waals surface area contributed by atoms with E-state index in [2.05, 4.69) is 0 Å². The van der Waals surface area contributed by atoms with Gasteiger partial charge in [0.25, 0.3) is 0 Å². The Hall–Kier alpha value is 1.82. The van der Waals surface area contributed by atoms with E-state index in [4.69, 9.17) is 0 Å². The summed E-state index contributed by atoms with van der Waals surface area (Å²) in [5, 5.41) is 0. The molecule has 0 saturated carbocycles. The second-order valence-corrected chi connectivity index (χ2v) is 0. The average Bonchev–Trinajstić information content (AvgIpc) is 0. The molecule has 0 saturated heterocycles.